The average molecular weight is 201 g/mol. The minimum Gasteiger partial charge on any atom is -0.392 e. The summed E-state index contributed by atoms with van der Waals surface area (Å²) in [5.74, 6) is 0. The molecule has 3 nitrogen and oxygen atoms in total. The molecule has 0 heterocycles. The van der Waals surface area contributed by atoms with Crippen LogP contribution < -0.4 is 5.32 Å². The van der Waals surface area contributed by atoms with Crippen LogP contribution in [0.2, 0.25) is 0 Å². The lowest BCUT2D eigenvalue weighted by molar-refractivity contribution is 0.0229. The summed E-state index contributed by atoms with van der Waals surface area (Å²) in [5, 5.41) is 22.4. The minimum absolute atomic E-state index is 0.329. The van der Waals surface area contributed by atoms with E-state index in [1.807, 2.05) is 0 Å². The molecule has 0 aromatic rings. The Balaban J connectivity index is 2.24. The van der Waals surface area contributed by atoms with Gasteiger partial charge >= 0.3 is 0 Å². The van der Waals surface area contributed by atoms with Crippen molar-refractivity contribution in [1.82, 2.24) is 5.32 Å². The first-order valence-corrected chi connectivity index (χ1v) is 5.74. The highest BCUT2D eigenvalue weighted by Crippen LogP contribution is 2.26. The number of rotatable bonds is 4. The molecule has 3 heteroatoms. The van der Waals surface area contributed by atoms with Crippen LogP contribution in [0, 0.1) is 0 Å². The zero-order valence-corrected chi connectivity index (χ0v) is 9.13. The van der Waals surface area contributed by atoms with E-state index in [0.717, 1.165) is 25.7 Å². The highest BCUT2D eigenvalue weighted by atomic mass is 16.3. The van der Waals surface area contributed by atoms with Crippen molar-refractivity contribution in [2.45, 2.75) is 57.2 Å². The topological polar surface area (TPSA) is 52.5 Å². The van der Waals surface area contributed by atoms with E-state index in [1.165, 1.54) is 12.8 Å². The Morgan fingerprint density at radius 3 is 2.29 bits per heavy atom. The van der Waals surface area contributed by atoms with E-state index in [0.29, 0.717) is 13.1 Å². The quantitative estimate of drug-likeness (QED) is 0.596. The number of nitrogens with one attached hydrogen (secondary N) is 1. The Labute approximate surface area is 86.5 Å². The molecule has 14 heavy (non-hydrogen) atoms. The van der Waals surface area contributed by atoms with E-state index < -0.39 is 5.60 Å². The summed E-state index contributed by atoms with van der Waals surface area (Å²) in [6, 6.07) is 0. The van der Waals surface area contributed by atoms with Crippen LogP contribution in [-0.4, -0.2) is 35.0 Å². The number of hydrogen-bond donors (Lipinski definition) is 3. The largest absolute Gasteiger partial charge is 0.392 e. The lowest BCUT2D eigenvalue weighted by atomic mass is 9.94. The molecule has 0 aromatic heterocycles. The van der Waals surface area contributed by atoms with Crippen LogP contribution >= 0.6 is 0 Å². The molecule has 1 atom stereocenters. The zero-order valence-electron chi connectivity index (χ0n) is 9.13. The summed E-state index contributed by atoms with van der Waals surface area (Å²) in [4.78, 5) is 0. The van der Waals surface area contributed by atoms with Gasteiger partial charge in [0.25, 0.3) is 0 Å². The van der Waals surface area contributed by atoms with Crippen LogP contribution in [0.15, 0.2) is 0 Å². The van der Waals surface area contributed by atoms with Crippen molar-refractivity contribution < 1.29 is 10.2 Å². The highest BCUT2D eigenvalue weighted by molar-refractivity contribution is 4.83. The molecule has 84 valence electrons. The van der Waals surface area contributed by atoms with Crippen molar-refractivity contribution in [3.05, 3.63) is 0 Å². The normalized spacial score (nSPS) is 24.2. The predicted molar refractivity (Wildman–Crippen MR) is 57.2 cm³/mol. The monoisotopic (exact) mass is 201 g/mol. The first kappa shape index (κ1) is 12.0. The van der Waals surface area contributed by atoms with Gasteiger partial charge in [0.1, 0.15) is 0 Å². The molecule has 0 bridgehead atoms. The van der Waals surface area contributed by atoms with E-state index in [1.54, 1.807) is 6.92 Å². The Hall–Kier alpha value is -0.120. The molecule has 0 radical (unpaired) electrons. The van der Waals surface area contributed by atoms with Gasteiger partial charge in [-0.05, 0) is 19.8 Å². The van der Waals surface area contributed by atoms with E-state index in [4.69, 9.17) is 5.11 Å². The molecule has 1 saturated carbocycles. The van der Waals surface area contributed by atoms with Crippen molar-refractivity contribution in [1.29, 1.82) is 0 Å². The second-order valence-corrected chi connectivity index (χ2v) is 4.62. The standard InChI is InChI=1S/C11H23NO2/c1-10(13)8-12-9-11(14)6-4-2-3-5-7-11/h10,12-14H,2-9H2,1H3. The van der Waals surface area contributed by atoms with Crippen LogP contribution in [0.3, 0.4) is 0 Å². The lowest BCUT2D eigenvalue weighted by Crippen LogP contribution is -2.42. The van der Waals surface area contributed by atoms with Gasteiger partial charge in [-0.15, -0.1) is 0 Å². The van der Waals surface area contributed by atoms with Crippen molar-refractivity contribution in [2.75, 3.05) is 13.1 Å². The summed E-state index contributed by atoms with van der Waals surface area (Å²) in [7, 11) is 0. The number of aliphatic hydroxyl groups excluding tert-OH is 1. The van der Waals surface area contributed by atoms with Gasteiger partial charge in [0.15, 0.2) is 0 Å². The Morgan fingerprint density at radius 2 is 1.79 bits per heavy atom. The maximum atomic E-state index is 10.2. The van der Waals surface area contributed by atoms with Gasteiger partial charge in [-0.1, -0.05) is 25.7 Å². The molecule has 1 rings (SSSR count). The molecular formula is C11H23NO2. The molecule has 3 N–H and O–H groups in total. The van der Waals surface area contributed by atoms with E-state index in [2.05, 4.69) is 5.32 Å². The van der Waals surface area contributed by atoms with E-state index in [-0.39, 0.29) is 6.10 Å². The molecule has 1 aliphatic carbocycles. The molecule has 0 spiro atoms. The van der Waals surface area contributed by atoms with E-state index in [9.17, 15) is 5.11 Å². The lowest BCUT2D eigenvalue weighted by Gasteiger charge is -2.27. The van der Waals surface area contributed by atoms with Crippen LogP contribution in [0.25, 0.3) is 0 Å². The fourth-order valence-corrected chi connectivity index (χ4v) is 2.08. The first-order chi connectivity index (χ1) is 6.62. The summed E-state index contributed by atoms with van der Waals surface area (Å²) in [5.41, 5.74) is -0.522. The Morgan fingerprint density at radius 1 is 1.21 bits per heavy atom. The summed E-state index contributed by atoms with van der Waals surface area (Å²) in [6.45, 7) is 2.95. The van der Waals surface area contributed by atoms with Gasteiger partial charge in [0, 0.05) is 13.1 Å². The molecule has 0 aromatic carbocycles. The Bertz CT molecular complexity index is 151. The summed E-state index contributed by atoms with van der Waals surface area (Å²) >= 11 is 0. The van der Waals surface area contributed by atoms with Crippen molar-refractivity contribution in [3.8, 4) is 0 Å². The van der Waals surface area contributed by atoms with Crippen molar-refractivity contribution >= 4 is 0 Å². The number of hydrogen-bond acceptors (Lipinski definition) is 3. The van der Waals surface area contributed by atoms with Crippen molar-refractivity contribution in [2.24, 2.45) is 0 Å². The zero-order chi connectivity index (χ0) is 10.4. The van der Waals surface area contributed by atoms with Gasteiger partial charge in [-0.3, -0.25) is 0 Å². The van der Waals surface area contributed by atoms with Crippen LogP contribution in [-0.2, 0) is 0 Å². The predicted octanol–water partition coefficient (Wildman–Crippen LogP) is 1.04. The molecule has 0 aliphatic heterocycles. The fraction of sp³-hybridized carbons (Fsp3) is 1.00. The first-order valence-electron chi connectivity index (χ1n) is 5.74. The second-order valence-electron chi connectivity index (χ2n) is 4.62. The summed E-state index contributed by atoms with van der Waals surface area (Å²) < 4.78 is 0. The van der Waals surface area contributed by atoms with Gasteiger partial charge in [-0.25, -0.2) is 0 Å². The third kappa shape index (κ3) is 4.40. The third-order valence-electron chi connectivity index (χ3n) is 2.93. The SMILES string of the molecule is CC(O)CNCC1(O)CCCCCC1. The molecular weight excluding hydrogens is 178 g/mol. The molecule has 1 unspecified atom stereocenters. The maximum Gasteiger partial charge on any atom is 0.0771 e. The average Bonchev–Trinajstić information content (AvgIpc) is 2.30. The van der Waals surface area contributed by atoms with Crippen LogP contribution in [0.1, 0.15) is 45.4 Å². The molecule has 0 amide bonds. The van der Waals surface area contributed by atoms with Crippen molar-refractivity contribution in [3.63, 3.8) is 0 Å². The maximum absolute atomic E-state index is 10.2. The van der Waals surface area contributed by atoms with E-state index >= 15 is 0 Å². The molecule has 0 saturated heterocycles. The van der Waals surface area contributed by atoms with Crippen LogP contribution in [0.4, 0.5) is 0 Å². The Kier molecular flexibility index (Phi) is 4.85. The second kappa shape index (κ2) is 5.69. The number of aliphatic hydroxyl groups is 2. The van der Waals surface area contributed by atoms with Gasteiger partial charge in [0.2, 0.25) is 0 Å². The van der Waals surface area contributed by atoms with Gasteiger partial charge in [0.05, 0.1) is 11.7 Å². The fourth-order valence-electron chi connectivity index (χ4n) is 2.08. The van der Waals surface area contributed by atoms with Crippen LogP contribution in [0.5, 0.6) is 0 Å². The summed E-state index contributed by atoms with van der Waals surface area (Å²) in [6.07, 6.45) is 6.24. The molecule has 1 aliphatic rings. The third-order valence-corrected chi connectivity index (χ3v) is 2.93. The molecule has 1 fully saturated rings. The van der Waals surface area contributed by atoms with Gasteiger partial charge < -0.3 is 15.5 Å². The smallest absolute Gasteiger partial charge is 0.0771 e. The minimum atomic E-state index is -0.522. The van der Waals surface area contributed by atoms with Gasteiger partial charge in [-0.2, -0.15) is 0 Å². The highest BCUT2D eigenvalue weighted by Gasteiger charge is 2.27.